The van der Waals surface area contributed by atoms with E-state index in [0.29, 0.717) is 5.57 Å². The summed E-state index contributed by atoms with van der Waals surface area (Å²) in [4.78, 5) is 11.0. The van der Waals surface area contributed by atoms with Crippen molar-refractivity contribution in [1.82, 2.24) is 0 Å². The quantitative estimate of drug-likeness (QED) is 0.601. The van der Waals surface area contributed by atoms with Gasteiger partial charge in [0.15, 0.2) is 0 Å². The lowest BCUT2D eigenvalue weighted by Gasteiger charge is -2.04. The number of rotatable bonds is 4. The first-order chi connectivity index (χ1) is 8.02. The van der Waals surface area contributed by atoms with Crippen molar-refractivity contribution in [2.24, 2.45) is 0 Å². The molecule has 0 aliphatic carbocycles. The zero-order chi connectivity index (χ0) is 12.8. The van der Waals surface area contributed by atoms with Gasteiger partial charge < -0.3 is 9.47 Å². The van der Waals surface area contributed by atoms with Gasteiger partial charge in [0.05, 0.1) is 7.11 Å². The number of ether oxygens (including phenoxy) is 2. The van der Waals surface area contributed by atoms with Crippen LogP contribution in [0.4, 0.5) is 8.78 Å². The Morgan fingerprint density at radius 1 is 1.29 bits per heavy atom. The van der Waals surface area contributed by atoms with Crippen LogP contribution in [0.2, 0.25) is 0 Å². The highest BCUT2D eigenvalue weighted by Crippen LogP contribution is 2.15. The molecule has 0 atom stereocenters. The monoisotopic (exact) mass is 242 g/mol. The Balaban J connectivity index is 2.59. The van der Waals surface area contributed by atoms with Gasteiger partial charge in [0.2, 0.25) is 0 Å². The molecule has 1 aromatic rings. The summed E-state index contributed by atoms with van der Waals surface area (Å²) in [5, 5.41) is 0. The zero-order valence-electron chi connectivity index (χ0n) is 9.50. The molecule has 0 spiro atoms. The molecule has 1 rings (SSSR count). The van der Waals surface area contributed by atoms with Gasteiger partial charge in [-0.15, -0.1) is 0 Å². The highest BCUT2D eigenvalue weighted by Gasteiger charge is 2.03. The number of hydrogen-bond acceptors (Lipinski definition) is 3. The van der Waals surface area contributed by atoms with Gasteiger partial charge in [0.25, 0.3) is 0 Å². The van der Waals surface area contributed by atoms with E-state index in [-0.39, 0.29) is 12.4 Å². The lowest BCUT2D eigenvalue weighted by Crippen LogP contribution is -2.04. The lowest BCUT2D eigenvalue weighted by molar-refractivity contribution is -0.136. The van der Waals surface area contributed by atoms with Crippen LogP contribution in [0.5, 0.6) is 5.75 Å². The lowest BCUT2D eigenvalue weighted by atomic mass is 10.3. The maximum Gasteiger partial charge on any atom is 0.333 e. The summed E-state index contributed by atoms with van der Waals surface area (Å²) in [5.41, 5.74) is 0.365. The van der Waals surface area contributed by atoms with Crippen LogP contribution in [-0.4, -0.2) is 19.7 Å². The molecule has 0 bridgehead atoms. The van der Waals surface area contributed by atoms with E-state index in [9.17, 15) is 13.6 Å². The molecular weight excluding hydrogens is 230 g/mol. The van der Waals surface area contributed by atoms with Gasteiger partial charge in [-0.3, -0.25) is 0 Å². The van der Waals surface area contributed by atoms with Gasteiger partial charge in [-0.2, -0.15) is 0 Å². The third-order valence-electron chi connectivity index (χ3n) is 1.98. The van der Waals surface area contributed by atoms with E-state index in [4.69, 9.17) is 4.74 Å². The first-order valence-electron chi connectivity index (χ1n) is 4.87. The SMILES string of the molecule is COC(=O)C(C)=CCOc1cc(F)cc(F)c1. The van der Waals surface area contributed by atoms with E-state index in [0.717, 1.165) is 18.2 Å². The van der Waals surface area contributed by atoms with Crippen LogP contribution >= 0.6 is 0 Å². The number of methoxy groups -OCH3 is 1. The van der Waals surface area contributed by atoms with Crippen molar-refractivity contribution >= 4 is 5.97 Å². The van der Waals surface area contributed by atoms with E-state index in [1.54, 1.807) is 6.92 Å². The van der Waals surface area contributed by atoms with Crippen LogP contribution in [-0.2, 0) is 9.53 Å². The second-order valence-corrected chi connectivity index (χ2v) is 3.29. The van der Waals surface area contributed by atoms with E-state index >= 15 is 0 Å². The van der Waals surface area contributed by atoms with Crippen molar-refractivity contribution in [2.75, 3.05) is 13.7 Å². The molecule has 0 aliphatic heterocycles. The van der Waals surface area contributed by atoms with Gasteiger partial charge in [0.1, 0.15) is 24.0 Å². The topological polar surface area (TPSA) is 35.5 Å². The van der Waals surface area contributed by atoms with E-state index in [1.165, 1.54) is 13.2 Å². The van der Waals surface area contributed by atoms with Crippen molar-refractivity contribution in [1.29, 1.82) is 0 Å². The van der Waals surface area contributed by atoms with Crippen LogP contribution < -0.4 is 4.74 Å². The summed E-state index contributed by atoms with van der Waals surface area (Å²) in [6.07, 6.45) is 1.47. The van der Waals surface area contributed by atoms with Crippen molar-refractivity contribution in [3.63, 3.8) is 0 Å². The molecule has 5 heteroatoms. The third-order valence-corrected chi connectivity index (χ3v) is 1.98. The number of carbonyl (C=O) groups excluding carboxylic acids is 1. The highest BCUT2D eigenvalue weighted by atomic mass is 19.1. The molecule has 0 fully saturated rings. The van der Waals surface area contributed by atoms with Gasteiger partial charge in [0, 0.05) is 23.8 Å². The van der Waals surface area contributed by atoms with Crippen molar-refractivity contribution < 1.29 is 23.0 Å². The highest BCUT2D eigenvalue weighted by molar-refractivity contribution is 5.87. The predicted molar refractivity (Wildman–Crippen MR) is 57.6 cm³/mol. The van der Waals surface area contributed by atoms with Crippen LogP contribution in [0.25, 0.3) is 0 Å². The third kappa shape index (κ3) is 4.22. The molecule has 0 aromatic heterocycles. The molecule has 0 N–H and O–H groups in total. The second-order valence-electron chi connectivity index (χ2n) is 3.29. The Morgan fingerprint density at radius 2 is 1.88 bits per heavy atom. The van der Waals surface area contributed by atoms with E-state index in [1.807, 2.05) is 0 Å². The molecule has 0 aliphatic rings. The molecule has 17 heavy (non-hydrogen) atoms. The van der Waals surface area contributed by atoms with Gasteiger partial charge in [-0.1, -0.05) is 0 Å². The Labute approximate surface area is 97.7 Å². The van der Waals surface area contributed by atoms with Crippen molar-refractivity contribution in [3.8, 4) is 5.75 Å². The van der Waals surface area contributed by atoms with Crippen LogP contribution in [0, 0.1) is 11.6 Å². The second kappa shape index (κ2) is 5.98. The first kappa shape index (κ1) is 13.2. The largest absolute Gasteiger partial charge is 0.489 e. The minimum absolute atomic E-state index is 0.0316. The van der Waals surface area contributed by atoms with Crippen molar-refractivity contribution in [2.45, 2.75) is 6.92 Å². The van der Waals surface area contributed by atoms with Gasteiger partial charge >= 0.3 is 5.97 Å². The summed E-state index contributed by atoms with van der Waals surface area (Å²) in [6, 6.07) is 2.87. The van der Waals surface area contributed by atoms with Crippen LogP contribution in [0.15, 0.2) is 29.8 Å². The van der Waals surface area contributed by atoms with Gasteiger partial charge in [-0.05, 0) is 13.0 Å². The number of carbonyl (C=O) groups is 1. The van der Waals surface area contributed by atoms with E-state index in [2.05, 4.69) is 4.74 Å². The molecular formula is C12H12F2O3. The average Bonchev–Trinajstić information content (AvgIpc) is 2.26. The van der Waals surface area contributed by atoms with Crippen LogP contribution in [0.3, 0.4) is 0 Å². The molecule has 0 unspecified atom stereocenters. The number of hydrogen-bond donors (Lipinski definition) is 0. The zero-order valence-corrected chi connectivity index (χ0v) is 9.50. The maximum absolute atomic E-state index is 12.8. The molecule has 92 valence electrons. The summed E-state index contributed by atoms with van der Waals surface area (Å²) in [7, 11) is 1.27. The minimum atomic E-state index is -0.714. The minimum Gasteiger partial charge on any atom is -0.489 e. The van der Waals surface area contributed by atoms with Crippen LogP contribution in [0.1, 0.15) is 6.92 Å². The predicted octanol–water partition coefficient (Wildman–Crippen LogP) is 2.46. The standard InChI is InChI=1S/C12H12F2O3/c1-8(12(15)16-2)3-4-17-11-6-9(13)5-10(14)7-11/h3,5-7H,4H2,1-2H3. The number of halogens is 2. The fourth-order valence-corrected chi connectivity index (χ4v) is 1.12. The average molecular weight is 242 g/mol. The van der Waals surface area contributed by atoms with Gasteiger partial charge in [-0.25, -0.2) is 13.6 Å². The number of esters is 1. The summed E-state index contributed by atoms with van der Waals surface area (Å²) in [5.74, 6) is -1.84. The summed E-state index contributed by atoms with van der Waals surface area (Å²) in [6.45, 7) is 1.59. The van der Waals surface area contributed by atoms with E-state index < -0.39 is 17.6 Å². The molecule has 3 nitrogen and oxygen atoms in total. The number of benzene rings is 1. The first-order valence-corrected chi connectivity index (χ1v) is 4.87. The Kier molecular flexibility index (Phi) is 4.63. The molecule has 0 saturated heterocycles. The summed E-state index contributed by atoms with van der Waals surface area (Å²) >= 11 is 0. The van der Waals surface area contributed by atoms with Crippen molar-refractivity contribution in [3.05, 3.63) is 41.5 Å². The maximum atomic E-state index is 12.8. The fraction of sp³-hybridized carbons (Fsp3) is 0.250. The Hall–Kier alpha value is -1.91. The molecule has 0 amide bonds. The molecule has 0 heterocycles. The smallest absolute Gasteiger partial charge is 0.333 e. The molecule has 0 saturated carbocycles. The molecule has 0 radical (unpaired) electrons. The Bertz CT molecular complexity index is 421. The Morgan fingerprint density at radius 3 is 2.41 bits per heavy atom. The normalized spacial score (nSPS) is 11.2. The fourth-order valence-electron chi connectivity index (χ4n) is 1.12. The summed E-state index contributed by atoms with van der Waals surface area (Å²) < 4.78 is 35.1. The molecule has 1 aromatic carbocycles.